The van der Waals surface area contributed by atoms with Gasteiger partial charge in [0, 0.05) is 12.7 Å². The molecule has 0 aliphatic carbocycles. The van der Waals surface area contributed by atoms with E-state index in [2.05, 4.69) is 6.07 Å². The summed E-state index contributed by atoms with van der Waals surface area (Å²) in [6.07, 6.45) is 0. The lowest BCUT2D eigenvalue weighted by Gasteiger charge is -2.36. The van der Waals surface area contributed by atoms with Gasteiger partial charge in [-0.2, -0.15) is 5.26 Å². The number of carbonyl (C=O) groups excluding carboxylic acids is 1. The van der Waals surface area contributed by atoms with Gasteiger partial charge in [0.05, 0.1) is 19.3 Å². The molecule has 0 saturated carbocycles. The molecule has 0 radical (unpaired) electrons. The van der Waals surface area contributed by atoms with Crippen molar-refractivity contribution in [2.24, 2.45) is 5.41 Å². The molecule has 0 bridgehead atoms. The molecule has 0 N–H and O–H groups in total. The summed E-state index contributed by atoms with van der Waals surface area (Å²) in [4.78, 5) is 13.7. The maximum Gasteiger partial charge on any atom is 0.252 e. The van der Waals surface area contributed by atoms with Crippen LogP contribution in [0.1, 0.15) is 5.56 Å². The fraction of sp³-hybridized carbons (Fsp3) is 0.385. The number of nitriles is 1. The minimum Gasteiger partial charge on any atom is -0.377 e. The summed E-state index contributed by atoms with van der Waals surface area (Å²) in [5, 5.41) is 9.07. The predicted octanol–water partition coefficient (Wildman–Crippen LogP) is 1.50. The van der Waals surface area contributed by atoms with Gasteiger partial charge in [-0.15, -0.1) is 0 Å². The number of hydrogen-bond acceptors (Lipinski definition) is 3. The standard InChI is InChI=1S/C13H14N2O2/c1-10-3-5-11(6-4-10)15(2)12(16)13(7-14)8-17-9-13/h3-6H,8-9H2,1-2H3. The maximum atomic E-state index is 12.2. The molecule has 0 spiro atoms. The van der Waals surface area contributed by atoms with Crippen LogP contribution in [0.4, 0.5) is 5.69 Å². The molecule has 0 aromatic heterocycles. The quantitative estimate of drug-likeness (QED) is 0.773. The Bertz CT molecular complexity index is 469. The lowest BCUT2D eigenvalue weighted by atomic mass is 9.86. The largest absolute Gasteiger partial charge is 0.377 e. The van der Waals surface area contributed by atoms with Crippen molar-refractivity contribution in [1.29, 1.82) is 5.26 Å². The topological polar surface area (TPSA) is 53.3 Å². The van der Waals surface area contributed by atoms with Crippen LogP contribution < -0.4 is 4.90 Å². The lowest BCUT2D eigenvalue weighted by Crippen LogP contribution is -2.53. The third kappa shape index (κ3) is 1.90. The first-order valence-corrected chi connectivity index (χ1v) is 5.43. The Morgan fingerprint density at radius 2 is 2.00 bits per heavy atom. The van der Waals surface area contributed by atoms with Crippen molar-refractivity contribution in [3.05, 3.63) is 29.8 Å². The number of nitrogens with zero attached hydrogens (tertiary/aromatic N) is 2. The van der Waals surface area contributed by atoms with Gasteiger partial charge in [-0.25, -0.2) is 0 Å². The van der Waals surface area contributed by atoms with Crippen molar-refractivity contribution in [2.45, 2.75) is 6.92 Å². The molecule has 88 valence electrons. The molecule has 4 nitrogen and oxygen atoms in total. The SMILES string of the molecule is Cc1ccc(N(C)C(=O)C2(C#N)COC2)cc1. The second-order valence-corrected chi connectivity index (χ2v) is 4.39. The van der Waals surface area contributed by atoms with E-state index in [9.17, 15) is 4.79 Å². The van der Waals surface area contributed by atoms with E-state index in [0.29, 0.717) is 0 Å². The van der Waals surface area contributed by atoms with Crippen molar-refractivity contribution in [3.8, 4) is 6.07 Å². The third-order valence-electron chi connectivity index (χ3n) is 3.05. The Balaban J connectivity index is 2.20. The van der Waals surface area contributed by atoms with E-state index in [4.69, 9.17) is 10.00 Å². The first kappa shape index (κ1) is 11.6. The summed E-state index contributed by atoms with van der Waals surface area (Å²) in [6, 6.07) is 9.69. The molecule has 0 atom stereocenters. The summed E-state index contributed by atoms with van der Waals surface area (Å²) >= 11 is 0. The van der Waals surface area contributed by atoms with Gasteiger partial charge in [0.1, 0.15) is 0 Å². The van der Waals surface area contributed by atoms with Crippen LogP contribution in [0.15, 0.2) is 24.3 Å². The molecule has 4 heteroatoms. The van der Waals surface area contributed by atoms with Crippen molar-refractivity contribution in [3.63, 3.8) is 0 Å². The Morgan fingerprint density at radius 3 is 2.41 bits per heavy atom. The molecule has 1 saturated heterocycles. The molecule has 1 aromatic carbocycles. The average molecular weight is 230 g/mol. The molecular weight excluding hydrogens is 216 g/mol. The molecule has 1 aliphatic heterocycles. The van der Waals surface area contributed by atoms with Crippen LogP contribution in [0.3, 0.4) is 0 Å². The van der Waals surface area contributed by atoms with E-state index >= 15 is 0 Å². The van der Waals surface area contributed by atoms with E-state index in [0.717, 1.165) is 11.3 Å². The number of rotatable bonds is 2. The van der Waals surface area contributed by atoms with Crippen LogP contribution in [-0.2, 0) is 9.53 Å². The Morgan fingerprint density at radius 1 is 1.41 bits per heavy atom. The van der Waals surface area contributed by atoms with Crippen molar-refractivity contribution >= 4 is 11.6 Å². The van der Waals surface area contributed by atoms with Crippen LogP contribution >= 0.6 is 0 Å². The van der Waals surface area contributed by atoms with Gasteiger partial charge in [0.25, 0.3) is 5.91 Å². The highest BCUT2D eigenvalue weighted by molar-refractivity contribution is 5.99. The molecule has 17 heavy (non-hydrogen) atoms. The Labute approximate surface area is 100 Å². The van der Waals surface area contributed by atoms with Crippen molar-refractivity contribution in [1.82, 2.24) is 0 Å². The zero-order valence-corrected chi connectivity index (χ0v) is 9.93. The maximum absolute atomic E-state index is 12.2. The number of ether oxygens (including phenoxy) is 1. The van der Waals surface area contributed by atoms with Gasteiger partial charge in [-0.05, 0) is 19.1 Å². The van der Waals surface area contributed by atoms with E-state index in [-0.39, 0.29) is 19.1 Å². The van der Waals surface area contributed by atoms with Crippen LogP contribution in [-0.4, -0.2) is 26.2 Å². The van der Waals surface area contributed by atoms with Gasteiger partial charge in [-0.1, -0.05) is 17.7 Å². The van der Waals surface area contributed by atoms with Gasteiger partial charge in [0.15, 0.2) is 5.41 Å². The first-order chi connectivity index (χ1) is 8.09. The Kier molecular flexibility index (Phi) is 2.86. The summed E-state index contributed by atoms with van der Waals surface area (Å²) in [7, 11) is 1.68. The molecule has 1 aliphatic rings. The fourth-order valence-corrected chi connectivity index (χ4v) is 1.75. The van der Waals surface area contributed by atoms with Crippen LogP contribution in [0.25, 0.3) is 0 Å². The van der Waals surface area contributed by atoms with E-state index in [1.807, 2.05) is 31.2 Å². The van der Waals surface area contributed by atoms with Gasteiger partial charge in [-0.3, -0.25) is 4.79 Å². The number of anilines is 1. The highest BCUT2D eigenvalue weighted by Gasteiger charge is 2.48. The smallest absolute Gasteiger partial charge is 0.252 e. The number of amides is 1. The van der Waals surface area contributed by atoms with E-state index in [1.54, 1.807) is 7.05 Å². The molecule has 1 aromatic rings. The minimum absolute atomic E-state index is 0.193. The lowest BCUT2D eigenvalue weighted by molar-refractivity contribution is -0.146. The molecule has 0 unspecified atom stereocenters. The number of carbonyl (C=O) groups is 1. The van der Waals surface area contributed by atoms with Crippen LogP contribution in [0.5, 0.6) is 0 Å². The zero-order chi connectivity index (χ0) is 12.5. The van der Waals surface area contributed by atoms with Crippen LogP contribution in [0.2, 0.25) is 0 Å². The van der Waals surface area contributed by atoms with Gasteiger partial charge in [0.2, 0.25) is 0 Å². The minimum atomic E-state index is -0.986. The molecular formula is C13H14N2O2. The molecule has 1 amide bonds. The number of benzene rings is 1. The van der Waals surface area contributed by atoms with Crippen LogP contribution in [0, 0.1) is 23.7 Å². The molecule has 1 heterocycles. The summed E-state index contributed by atoms with van der Waals surface area (Å²) in [5.41, 5.74) is 0.943. The summed E-state index contributed by atoms with van der Waals surface area (Å²) < 4.78 is 4.99. The Hall–Kier alpha value is -1.86. The first-order valence-electron chi connectivity index (χ1n) is 5.43. The second kappa shape index (κ2) is 4.19. The van der Waals surface area contributed by atoms with Gasteiger partial charge < -0.3 is 9.64 Å². The fourth-order valence-electron chi connectivity index (χ4n) is 1.75. The monoisotopic (exact) mass is 230 g/mol. The highest BCUT2D eigenvalue weighted by atomic mass is 16.5. The molecule has 2 rings (SSSR count). The molecule has 1 fully saturated rings. The third-order valence-corrected chi connectivity index (χ3v) is 3.05. The summed E-state index contributed by atoms with van der Waals surface area (Å²) in [5.74, 6) is -0.199. The van der Waals surface area contributed by atoms with E-state index in [1.165, 1.54) is 4.90 Å². The normalized spacial score (nSPS) is 16.8. The number of hydrogen-bond donors (Lipinski definition) is 0. The number of aryl methyl sites for hydroxylation is 1. The average Bonchev–Trinajstić information content (AvgIpc) is 2.28. The van der Waals surface area contributed by atoms with Gasteiger partial charge >= 0.3 is 0 Å². The van der Waals surface area contributed by atoms with Crippen molar-refractivity contribution < 1.29 is 9.53 Å². The zero-order valence-electron chi connectivity index (χ0n) is 9.93. The predicted molar refractivity (Wildman–Crippen MR) is 63.5 cm³/mol. The highest BCUT2D eigenvalue weighted by Crippen LogP contribution is 2.30. The second-order valence-electron chi connectivity index (χ2n) is 4.39. The van der Waals surface area contributed by atoms with E-state index < -0.39 is 5.41 Å². The van der Waals surface area contributed by atoms with Crippen molar-refractivity contribution in [2.75, 3.05) is 25.2 Å². The summed E-state index contributed by atoms with van der Waals surface area (Å²) in [6.45, 7) is 2.37.